The molecule has 7 rings (SSSR count). The molecule has 2 heterocycles. The second-order valence-corrected chi connectivity index (χ2v) is 20.4. The third kappa shape index (κ3) is 5.90. The van der Waals surface area contributed by atoms with Gasteiger partial charge in [0.15, 0.2) is 12.6 Å². The fourth-order valence-electron chi connectivity index (χ4n) is 13.0. The fourth-order valence-corrected chi connectivity index (χ4v) is 13.0. The van der Waals surface area contributed by atoms with E-state index in [2.05, 4.69) is 60.6 Å². The van der Waals surface area contributed by atoms with Crippen molar-refractivity contribution < 1.29 is 59.8 Å². The highest BCUT2D eigenvalue weighted by atomic mass is 16.7. The van der Waals surface area contributed by atoms with E-state index in [4.69, 9.17) is 18.9 Å². The molecule has 0 aromatic carbocycles. The molecule has 54 heavy (non-hydrogen) atoms. The molecule has 5 aliphatic carbocycles. The lowest BCUT2D eigenvalue weighted by Crippen LogP contribution is -2.66. The average molecular weight is 765 g/mol. The molecule has 18 atom stereocenters. The van der Waals surface area contributed by atoms with Crippen molar-refractivity contribution in [3.05, 3.63) is 23.3 Å². The van der Waals surface area contributed by atoms with E-state index >= 15 is 0 Å². The van der Waals surface area contributed by atoms with Crippen LogP contribution >= 0.6 is 0 Å². The zero-order chi connectivity index (χ0) is 39.6. The first-order chi connectivity index (χ1) is 25.1. The topological polar surface area (TPSA) is 199 Å². The van der Waals surface area contributed by atoms with Crippen LogP contribution < -0.4 is 0 Å². The second kappa shape index (κ2) is 13.8. The number of hydrogen-bond acceptors (Lipinski definition) is 12. The van der Waals surface area contributed by atoms with Gasteiger partial charge in [-0.15, -0.1) is 0 Å². The molecule has 0 bridgehead atoms. The summed E-state index contributed by atoms with van der Waals surface area (Å²) in [6, 6.07) is 0. The standard InChI is InChI=1S/C42H68O12/c1-21-29(46)30(47)32(49)35(51-21)54-34-24(19-43)52-36(33(50)31(34)48)53-28-12-13-39(6)25(38(28,4)5)11-14-40(7)26(39)10-9-22-23-17-37(2,3)15-16-42(23,20-44)27(45)18-41(22,40)8/h9-10,21,24-36,43-50H,11-20H2,1-8H3/t21-,24+,25-,26+,27-,28-,29-,30+,31+,32+,33+,34+,35-,36-,39-,40+,41+,42+/m0/s1. The van der Waals surface area contributed by atoms with Gasteiger partial charge in [0, 0.05) is 10.8 Å². The van der Waals surface area contributed by atoms with E-state index in [1.165, 1.54) is 18.1 Å². The first-order valence-corrected chi connectivity index (χ1v) is 20.5. The minimum Gasteiger partial charge on any atom is -0.395 e. The third-order valence-electron chi connectivity index (χ3n) is 16.7. The molecule has 0 amide bonds. The summed E-state index contributed by atoms with van der Waals surface area (Å²) in [5.74, 6) is 0.477. The molecule has 0 spiro atoms. The van der Waals surface area contributed by atoms with Crippen LogP contribution in [0.4, 0.5) is 0 Å². The van der Waals surface area contributed by atoms with Gasteiger partial charge in [0.05, 0.1) is 31.5 Å². The molecule has 0 aromatic rings. The Morgan fingerprint density at radius 3 is 2.09 bits per heavy atom. The molecule has 0 unspecified atom stereocenters. The lowest BCUT2D eigenvalue weighted by molar-refractivity contribution is -0.366. The molecular formula is C42H68O12. The molecule has 2 aliphatic heterocycles. The molecular weight excluding hydrogens is 696 g/mol. The summed E-state index contributed by atoms with van der Waals surface area (Å²) in [5, 5.41) is 86.6. The van der Waals surface area contributed by atoms with E-state index in [1.807, 2.05) is 0 Å². The largest absolute Gasteiger partial charge is 0.395 e. The van der Waals surface area contributed by atoms with Crippen molar-refractivity contribution in [1.29, 1.82) is 0 Å². The number of aliphatic hydroxyl groups is 8. The quantitative estimate of drug-likeness (QED) is 0.185. The van der Waals surface area contributed by atoms with E-state index in [1.54, 1.807) is 0 Å². The monoisotopic (exact) mass is 764 g/mol. The number of allylic oxidation sites excluding steroid dienone is 3. The number of rotatable bonds is 6. The van der Waals surface area contributed by atoms with Crippen molar-refractivity contribution >= 4 is 0 Å². The van der Waals surface area contributed by atoms with Gasteiger partial charge in [-0.2, -0.15) is 0 Å². The SMILES string of the molecule is C[C@@H]1O[C@@H](O[C@H]2[C@H](O)[C@@H](O)[C@H](O[C@H]3CC[C@]4(C)[C@H]5C=CC6=C7CC(C)(C)CC[C@]7(CO)[C@@H](O)C[C@@]6(C)[C@]5(C)CC[C@H]4C3(C)C)O[C@@H]2CO)[C@H](O)[C@H](O)[C@H]1O. The summed E-state index contributed by atoms with van der Waals surface area (Å²) in [4.78, 5) is 0. The van der Waals surface area contributed by atoms with Crippen LogP contribution in [-0.4, -0.2) is 128 Å². The molecule has 12 nitrogen and oxygen atoms in total. The van der Waals surface area contributed by atoms with Crippen LogP contribution in [0.1, 0.15) is 107 Å². The van der Waals surface area contributed by atoms with E-state index < -0.39 is 79.5 Å². The van der Waals surface area contributed by atoms with Gasteiger partial charge in [-0.1, -0.05) is 66.2 Å². The molecule has 8 N–H and O–H groups in total. The van der Waals surface area contributed by atoms with Gasteiger partial charge in [0.25, 0.3) is 0 Å². The smallest absolute Gasteiger partial charge is 0.187 e. The number of aliphatic hydroxyl groups excluding tert-OH is 8. The Hall–Kier alpha value is -1.00. The molecule has 3 saturated carbocycles. The van der Waals surface area contributed by atoms with Crippen molar-refractivity contribution in [1.82, 2.24) is 0 Å². The maximum atomic E-state index is 12.0. The molecule has 5 fully saturated rings. The summed E-state index contributed by atoms with van der Waals surface area (Å²) < 4.78 is 24.1. The normalized spacial score (nSPS) is 53.9. The summed E-state index contributed by atoms with van der Waals surface area (Å²) in [5.41, 5.74) is 1.28. The Kier molecular flexibility index (Phi) is 10.5. The summed E-state index contributed by atoms with van der Waals surface area (Å²) in [6.07, 6.45) is -3.10. The lowest BCUT2D eigenvalue weighted by atomic mass is 9.35. The predicted molar refractivity (Wildman–Crippen MR) is 197 cm³/mol. The molecule has 2 saturated heterocycles. The van der Waals surface area contributed by atoms with Crippen molar-refractivity contribution in [3.63, 3.8) is 0 Å². The second-order valence-electron chi connectivity index (χ2n) is 20.4. The first kappa shape index (κ1) is 41.2. The van der Waals surface area contributed by atoms with Crippen LogP contribution in [0.15, 0.2) is 23.3 Å². The Morgan fingerprint density at radius 1 is 0.759 bits per heavy atom. The Balaban J connectivity index is 1.11. The van der Waals surface area contributed by atoms with Gasteiger partial charge >= 0.3 is 0 Å². The molecule has 0 radical (unpaired) electrons. The number of fused-ring (bicyclic) bond motifs is 6. The zero-order valence-corrected chi connectivity index (χ0v) is 33.5. The van der Waals surface area contributed by atoms with Gasteiger partial charge in [-0.05, 0) is 97.4 Å². The number of ether oxygens (including phenoxy) is 4. The van der Waals surface area contributed by atoms with E-state index in [0.29, 0.717) is 12.8 Å². The predicted octanol–water partition coefficient (Wildman–Crippen LogP) is 2.71. The molecule has 0 aromatic heterocycles. The highest BCUT2D eigenvalue weighted by Gasteiger charge is 2.68. The molecule has 308 valence electrons. The van der Waals surface area contributed by atoms with Crippen LogP contribution in [0.5, 0.6) is 0 Å². The van der Waals surface area contributed by atoms with E-state index in [-0.39, 0.29) is 51.6 Å². The first-order valence-electron chi connectivity index (χ1n) is 20.5. The summed E-state index contributed by atoms with van der Waals surface area (Å²) >= 11 is 0. The van der Waals surface area contributed by atoms with Gasteiger partial charge in [0.2, 0.25) is 0 Å². The summed E-state index contributed by atoms with van der Waals surface area (Å²) in [6.45, 7) is 17.2. The highest BCUT2D eigenvalue weighted by molar-refractivity contribution is 5.47. The van der Waals surface area contributed by atoms with Gasteiger partial charge in [0.1, 0.15) is 42.7 Å². The van der Waals surface area contributed by atoms with E-state index in [9.17, 15) is 40.9 Å². The van der Waals surface area contributed by atoms with Gasteiger partial charge < -0.3 is 59.8 Å². The van der Waals surface area contributed by atoms with Crippen LogP contribution in [0.3, 0.4) is 0 Å². The highest BCUT2D eigenvalue weighted by Crippen LogP contribution is 2.74. The van der Waals surface area contributed by atoms with Gasteiger partial charge in [-0.25, -0.2) is 0 Å². The minimum absolute atomic E-state index is 0.0296. The minimum atomic E-state index is -1.63. The number of hydrogen-bond donors (Lipinski definition) is 8. The maximum absolute atomic E-state index is 12.0. The molecule has 12 heteroatoms. The van der Waals surface area contributed by atoms with E-state index in [0.717, 1.165) is 38.5 Å². The summed E-state index contributed by atoms with van der Waals surface area (Å²) in [7, 11) is 0. The fraction of sp³-hybridized carbons (Fsp3) is 0.905. The van der Waals surface area contributed by atoms with Crippen LogP contribution in [-0.2, 0) is 18.9 Å². The van der Waals surface area contributed by atoms with Crippen LogP contribution in [0.2, 0.25) is 0 Å². The van der Waals surface area contributed by atoms with Crippen molar-refractivity contribution in [2.45, 2.75) is 180 Å². The Labute approximate surface area is 320 Å². The third-order valence-corrected chi connectivity index (χ3v) is 16.7. The lowest BCUT2D eigenvalue weighted by Gasteiger charge is -2.70. The Bertz CT molecular complexity index is 1480. The van der Waals surface area contributed by atoms with Crippen LogP contribution in [0.25, 0.3) is 0 Å². The maximum Gasteiger partial charge on any atom is 0.187 e. The van der Waals surface area contributed by atoms with Gasteiger partial charge in [-0.3, -0.25) is 0 Å². The van der Waals surface area contributed by atoms with Crippen molar-refractivity contribution in [2.24, 2.45) is 44.3 Å². The van der Waals surface area contributed by atoms with Crippen LogP contribution in [0, 0.1) is 44.3 Å². The Morgan fingerprint density at radius 2 is 1.43 bits per heavy atom. The average Bonchev–Trinajstić information content (AvgIpc) is 3.10. The van der Waals surface area contributed by atoms with Crippen molar-refractivity contribution in [2.75, 3.05) is 13.2 Å². The van der Waals surface area contributed by atoms with Crippen molar-refractivity contribution in [3.8, 4) is 0 Å². The molecule has 7 aliphatic rings. The zero-order valence-electron chi connectivity index (χ0n) is 33.5.